The zero-order valence-corrected chi connectivity index (χ0v) is 14.6. The van der Waals surface area contributed by atoms with Crippen molar-refractivity contribution in [2.24, 2.45) is 0 Å². The molecule has 0 bridgehead atoms. The summed E-state index contributed by atoms with van der Waals surface area (Å²) in [4.78, 5) is 5.03. The van der Waals surface area contributed by atoms with Crippen LogP contribution in [0.3, 0.4) is 0 Å². The molecule has 2 aliphatic carbocycles. The summed E-state index contributed by atoms with van der Waals surface area (Å²) in [7, 11) is 4.36. The Hall–Kier alpha value is -1.06. The second kappa shape index (κ2) is 6.45. The van der Waals surface area contributed by atoms with Crippen molar-refractivity contribution in [2.75, 3.05) is 27.2 Å². The molecule has 3 heteroatoms. The first-order chi connectivity index (χ1) is 11.2. The third-order valence-corrected chi connectivity index (χ3v) is 6.13. The van der Waals surface area contributed by atoms with Crippen molar-refractivity contribution >= 4 is 0 Å². The molecule has 0 N–H and O–H groups in total. The van der Waals surface area contributed by atoms with Gasteiger partial charge in [-0.1, -0.05) is 6.07 Å². The molecule has 3 nitrogen and oxygen atoms in total. The van der Waals surface area contributed by atoms with E-state index in [9.17, 15) is 0 Å². The largest absolute Gasteiger partial charge is 0.490 e. The molecule has 1 aliphatic heterocycles. The Morgan fingerprint density at radius 3 is 2.65 bits per heavy atom. The van der Waals surface area contributed by atoms with Gasteiger partial charge in [0, 0.05) is 12.1 Å². The number of ether oxygens (including phenoxy) is 1. The van der Waals surface area contributed by atoms with Gasteiger partial charge in [0.25, 0.3) is 0 Å². The first-order valence-corrected chi connectivity index (χ1v) is 9.40. The molecule has 0 aromatic heterocycles. The molecule has 3 atom stereocenters. The zero-order chi connectivity index (χ0) is 15.8. The van der Waals surface area contributed by atoms with Crippen molar-refractivity contribution in [3.8, 4) is 5.75 Å². The van der Waals surface area contributed by atoms with E-state index in [-0.39, 0.29) is 0 Å². The standard InChI is InChI=1S/C20H30N2O/c1-21(2)16-6-7-18(14-16)23-17-8-9-19-15(13-17)5-10-20(19)22-11-3-4-12-22/h8-9,13,16,18,20H,3-7,10-12,14H2,1-2H3. The van der Waals surface area contributed by atoms with Crippen LogP contribution in [0.1, 0.15) is 55.7 Å². The van der Waals surface area contributed by atoms with Crippen LogP contribution in [0.4, 0.5) is 0 Å². The van der Waals surface area contributed by atoms with Crippen molar-refractivity contribution in [3.05, 3.63) is 29.3 Å². The van der Waals surface area contributed by atoms with Gasteiger partial charge in [0.05, 0.1) is 0 Å². The lowest BCUT2D eigenvalue weighted by molar-refractivity contribution is 0.193. The van der Waals surface area contributed by atoms with Crippen molar-refractivity contribution in [2.45, 2.75) is 63.1 Å². The van der Waals surface area contributed by atoms with Crippen LogP contribution in [0.25, 0.3) is 0 Å². The van der Waals surface area contributed by atoms with Crippen molar-refractivity contribution in [3.63, 3.8) is 0 Å². The normalized spacial score (nSPS) is 31.0. The first kappa shape index (κ1) is 15.5. The molecule has 1 heterocycles. The maximum absolute atomic E-state index is 6.30. The van der Waals surface area contributed by atoms with E-state index >= 15 is 0 Å². The van der Waals surface area contributed by atoms with Crippen molar-refractivity contribution in [1.29, 1.82) is 0 Å². The molecule has 3 unspecified atom stereocenters. The molecule has 3 aliphatic rings. The van der Waals surface area contributed by atoms with Gasteiger partial charge in [-0.25, -0.2) is 0 Å². The topological polar surface area (TPSA) is 15.7 Å². The summed E-state index contributed by atoms with van der Waals surface area (Å²) < 4.78 is 6.30. The molecule has 1 aromatic rings. The molecule has 0 spiro atoms. The lowest BCUT2D eigenvalue weighted by Gasteiger charge is -2.24. The van der Waals surface area contributed by atoms with E-state index in [0.29, 0.717) is 18.2 Å². The van der Waals surface area contributed by atoms with Crippen LogP contribution in [0.5, 0.6) is 5.75 Å². The molecule has 0 radical (unpaired) electrons. The molecule has 23 heavy (non-hydrogen) atoms. The molecule has 1 saturated carbocycles. The highest BCUT2D eigenvalue weighted by atomic mass is 16.5. The molecule has 1 aromatic carbocycles. The maximum Gasteiger partial charge on any atom is 0.120 e. The van der Waals surface area contributed by atoms with E-state index in [4.69, 9.17) is 4.74 Å². The average Bonchev–Trinajstić information content (AvgIpc) is 3.26. The van der Waals surface area contributed by atoms with Crippen LogP contribution in [0.15, 0.2) is 18.2 Å². The highest BCUT2D eigenvalue weighted by molar-refractivity contribution is 5.41. The van der Waals surface area contributed by atoms with Gasteiger partial charge in [-0.2, -0.15) is 0 Å². The molecule has 2 fully saturated rings. The van der Waals surface area contributed by atoms with Gasteiger partial charge in [0.15, 0.2) is 0 Å². The van der Waals surface area contributed by atoms with Crippen LogP contribution in [0, 0.1) is 0 Å². The predicted octanol–water partition coefficient (Wildman–Crippen LogP) is 3.63. The van der Waals surface area contributed by atoms with Gasteiger partial charge in [0.1, 0.15) is 11.9 Å². The van der Waals surface area contributed by atoms with Gasteiger partial charge in [-0.15, -0.1) is 0 Å². The highest BCUT2D eigenvalue weighted by Crippen LogP contribution is 2.39. The maximum atomic E-state index is 6.30. The fourth-order valence-electron chi connectivity index (χ4n) is 4.76. The van der Waals surface area contributed by atoms with Gasteiger partial charge >= 0.3 is 0 Å². The van der Waals surface area contributed by atoms with E-state index in [1.807, 2.05) is 0 Å². The fourth-order valence-corrected chi connectivity index (χ4v) is 4.76. The number of nitrogens with zero attached hydrogens (tertiary/aromatic N) is 2. The fraction of sp³-hybridized carbons (Fsp3) is 0.700. The molecular weight excluding hydrogens is 284 g/mol. The summed E-state index contributed by atoms with van der Waals surface area (Å²) in [6.07, 6.45) is 9.29. The molecular formula is C20H30N2O. The van der Waals surface area contributed by atoms with E-state index in [1.54, 1.807) is 5.56 Å². The van der Waals surface area contributed by atoms with Crippen molar-refractivity contribution in [1.82, 2.24) is 9.80 Å². The lowest BCUT2D eigenvalue weighted by Crippen LogP contribution is -2.26. The molecule has 4 rings (SSSR count). The smallest absolute Gasteiger partial charge is 0.120 e. The minimum Gasteiger partial charge on any atom is -0.490 e. The minimum atomic E-state index is 0.399. The summed E-state index contributed by atoms with van der Waals surface area (Å²) >= 11 is 0. The second-order valence-electron chi connectivity index (χ2n) is 7.83. The van der Waals surface area contributed by atoms with Crippen LogP contribution in [-0.4, -0.2) is 49.1 Å². The minimum absolute atomic E-state index is 0.399. The number of hydrogen-bond donors (Lipinski definition) is 0. The van der Waals surface area contributed by atoms with Crippen molar-refractivity contribution < 1.29 is 4.74 Å². The third kappa shape index (κ3) is 3.14. The average molecular weight is 314 g/mol. The van der Waals surface area contributed by atoms with E-state index in [0.717, 1.165) is 5.75 Å². The van der Waals surface area contributed by atoms with E-state index in [2.05, 4.69) is 42.1 Å². The third-order valence-electron chi connectivity index (χ3n) is 6.13. The summed E-state index contributed by atoms with van der Waals surface area (Å²) in [5.41, 5.74) is 3.10. The number of rotatable bonds is 4. The Labute approximate surface area is 140 Å². The van der Waals surface area contributed by atoms with Gasteiger partial charge in [-0.05, 0) is 95.4 Å². The Morgan fingerprint density at radius 2 is 1.91 bits per heavy atom. The lowest BCUT2D eigenvalue weighted by atomic mass is 10.1. The molecule has 1 saturated heterocycles. The Bertz CT molecular complexity index is 551. The number of likely N-dealkylation sites (tertiary alicyclic amines) is 1. The van der Waals surface area contributed by atoms with Crippen LogP contribution < -0.4 is 4.74 Å². The first-order valence-electron chi connectivity index (χ1n) is 9.40. The van der Waals surface area contributed by atoms with Gasteiger partial charge in [-0.3, -0.25) is 4.90 Å². The summed E-state index contributed by atoms with van der Waals surface area (Å²) in [6.45, 7) is 2.58. The molecule has 126 valence electrons. The summed E-state index contributed by atoms with van der Waals surface area (Å²) in [5, 5.41) is 0. The number of hydrogen-bond acceptors (Lipinski definition) is 3. The van der Waals surface area contributed by atoms with Crippen LogP contribution in [-0.2, 0) is 6.42 Å². The van der Waals surface area contributed by atoms with Crippen LogP contribution >= 0.6 is 0 Å². The Morgan fingerprint density at radius 1 is 1.09 bits per heavy atom. The summed E-state index contributed by atoms with van der Waals surface area (Å²) in [5.74, 6) is 1.09. The Balaban J connectivity index is 1.42. The number of aryl methyl sites for hydroxylation is 1. The van der Waals surface area contributed by atoms with Crippen LogP contribution in [0.2, 0.25) is 0 Å². The Kier molecular flexibility index (Phi) is 4.33. The van der Waals surface area contributed by atoms with E-state index in [1.165, 1.54) is 63.6 Å². The number of benzene rings is 1. The van der Waals surface area contributed by atoms with Gasteiger partial charge in [0.2, 0.25) is 0 Å². The van der Waals surface area contributed by atoms with Gasteiger partial charge < -0.3 is 9.64 Å². The monoisotopic (exact) mass is 314 g/mol. The zero-order valence-electron chi connectivity index (χ0n) is 14.6. The highest BCUT2D eigenvalue weighted by Gasteiger charge is 2.31. The summed E-state index contributed by atoms with van der Waals surface area (Å²) in [6, 6.07) is 8.25. The SMILES string of the molecule is CN(C)C1CCC(Oc2ccc3c(c2)CCC3N2CCCC2)C1. The second-order valence-corrected chi connectivity index (χ2v) is 7.83. The molecule has 0 amide bonds. The predicted molar refractivity (Wildman–Crippen MR) is 94.1 cm³/mol. The quantitative estimate of drug-likeness (QED) is 0.844. The number of fused-ring (bicyclic) bond motifs is 1. The van der Waals surface area contributed by atoms with E-state index < -0.39 is 0 Å².